The zero-order valence-corrected chi connectivity index (χ0v) is 12.1. The van der Waals surface area contributed by atoms with Gasteiger partial charge in [0.25, 0.3) is 0 Å². The highest BCUT2D eigenvalue weighted by Gasteiger charge is 2.10. The topological polar surface area (TPSA) is 29.9 Å². The van der Waals surface area contributed by atoms with Gasteiger partial charge in [0.05, 0.1) is 18.8 Å². The van der Waals surface area contributed by atoms with Crippen LogP contribution in [0, 0.1) is 0 Å². The molecule has 0 saturated carbocycles. The summed E-state index contributed by atoms with van der Waals surface area (Å²) in [5.41, 5.74) is 3.62. The molecule has 3 rings (SSSR count). The van der Waals surface area contributed by atoms with E-state index in [1.807, 2.05) is 42.2 Å². The summed E-state index contributed by atoms with van der Waals surface area (Å²) in [7, 11) is 1.99. The van der Waals surface area contributed by atoms with Crippen molar-refractivity contribution in [1.29, 1.82) is 0 Å². The summed E-state index contributed by atoms with van der Waals surface area (Å²) in [6, 6.07) is 21.1. The number of likely N-dealkylation sites (N-methyl/N-ethyl adjacent to an activating group) is 1. The molecule has 1 N–H and O–H groups in total. The van der Waals surface area contributed by atoms with Crippen molar-refractivity contribution in [3.63, 3.8) is 0 Å². The van der Waals surface area contributed by atoms with E-state index >= 15 is 0 Å². The summed E-state index contributed by atoms with van der Waals surface area (Å²) in [5, 5.41) is 7.84. The Hall–Kier alpha value is -2.39. The first kappa shape index (κ1) is 13.6. The Labute approximate surface area is 125 Å². The van der Waals surface area contributed by atoms with E-state index in [9.17, 15) is 0 Å². The Morgan fingerprint density at radius 1 is 0.952 bits per heavy atom. The minimum atomic E-state index is 0.259. The third-order valence-electron chi connectivity index (χ3n) is 3.66. The maximum absolute atomic E-state index is 4.48. The second-order valence-electron chi connectivity index (χ2n) is 5.07. The highest BCUT2D eigenvalue weighted by molar-refractivity contribution is 5.61. The summed E-state index contributed by atoms with van der Waals surface area (Å²) in [5.74, 6) is 0. The van der Waals surface area contributed by atoms with Gasteiger partial charge in [-0.2, -0.15) is 5.10 Å². The maximum Gasteiger partial charge on any atom is 0.0604 e. The Balaban J connectivity index is 1.78. The molecular formula is C18H19N3. The molecule has 3 heteroatoms. The fraction of sp³-hybridized carbons (Fsp3) is 0.167. The molecule has 106 valence electrons. The summed E-state index contributed by atoms with van der Waals surface area (Å²) in [4.78, 5) is 0. The molecule has 2 aromatic carbocycles. The van der Waals surface area contributed by atoms with Crippen molar-refractivity contribution in [2.75, 3.05) is 7.05 Å². The third-order valence-corrected chi connectivity index (χ3v) is 3.66. The third kappa shape index (κ3) is 3.20. The van der Waals surface area contributed by atoms with Crippen molar-refractivity contribution in [1.82, 2.24) is 15.1 Å². The Bertz CT molecular complexity index is 674. The number of nitrogens with one attached hydrogen (secondary N) is 1. The van der Waals surface area contributed by atoms with Crippen LogP contribution in [0.4, 0.5) is 0 Å². The van der Waals surface area contributed by atoms with E-state index in [2.05, 4.69) is 53.0 Å². The second-order valence-corrected chi connectivity index (χ2v) is 5.07. The SMILES string of the molecule is CNC(Cn1cc(-c2ccccc2)cn1)c1ccccc1. The molecule has 0 aliphatic heterocycles. The van der Waals surface area contributed by atoms with Crippen LogP contribution in [-0.4, -0.2) is 16.8 Å². The van der Waals surface area contributed by atoms with Gasteiger partial charge >= 0.3 is 0 Å². The lowest BCUT2D eigenvalue weighted by atomic mass is 10.1. The molecule has 0 bridgehead atoms. The fourth-order valence-electron chi connectivity index (χ4n) is 2.48. The van der Waals surface area contributed by atoms with Gasteiger partial charge in [-0.1, -0.05) is 60.7 Å². The lowest BCUT2D eigenvalue weighted by Crippen LogP contribution is -2.22. The van der Waals surface area contributed by atoms with Crippen LogP contribution in [0.2, 0.25) is 0 Å². The van der Waals surface area contributed by atoms with Gasteiger partial charge in [-0.05, 0) is 18.2 Å². The first-order valence-corrected chi connectivity index (χ1v) is 7.17. The van der Waals surface area contributed by atoms with Gasteiger partial charge in [0.1, 0.15) is 0 Å². The molecular weight excluding hydrogens is 258 g/mol. The van der Waals surface area contributed by atoms with E-state index in [4.69, 9.17) is 0 Å². The van der Waals surface area contributed by atoms with Crippen LogP contribution in [0.1, 0.15) is 11.6 Å². The van der Waals surface area contributed by atoms with Crippen molar-refractivity contribution >= 4 is 0 Å². The molecule has 0 amide bonds. The first-order valence-electron chi connectivity index (χ1n) is 7.17. The molecule has 0 radical (unpaired) electrons. The first-order chi connectivity index (χ1) is 10.4. The quantitative estimate of drug-likeness (QED) is 0.773. The van der Waals surface area contributed by atoms with E-state index in [1.165, 1.54) is 11.1 Å². The van der Waals surface area contributed by atoms with Crippen LogP contribution < -0.4 is 5.32 Å². The smallest absolute Gasteiger partial charge is 0.0604 e. The molecule has 0 saturated heterocycles. The number of rotatable bonds is 5. The summed E-state index contributed by atoms with van der Waals surface area (Å²) in [6.07, 6.45) is 4.02. The van der Waals surface area contributed by atoms with Crippen LogP contribution in [0.25, 0.3) is 11.1 Å². The van der Waals surface area contributed by atoms with Crippen molar-refractivity contribution in [2.24, 2.45) is 0 Å². The van der Waals surface area contributed by atoms with Gasteiger partial charge in [-0.15, -0.1) is 0 Å². The minimum Gasteiger partial charge on any atom is -0.311 e. The fourth-order valence-corrected chi connectivity index (χ4v) is 2.48. The van der Waals surface area contributed by atoms with Gasteiger partial charge in [0, 0.05) is 11.8 Å². The number of benzene rings is 2. The summed E-state index contributed by atoms with van der Waals surface area (Å²) < 4.78 is 2.00. The lowest BCUT2D eigenvalue weighted by molar-refractivity contribution is 0.468. The molecule has 21 heavy (non-hydrogen) atoms. The predicted molar refractivity (Wildman–Crippen MR) is 85.9 cm³/mol. The van der Waals surface area contributed by atoms with Crippen LogP contribution in [-0.2, 0) is 6.54 Å². The standard InChI is InChI=1S/C18H19N3/c1-19-18(16-10-6-3-7-11-16)14-21-13-17(12-20-21)15-8-4-2-5-9-15/h2-13,18-19H,14H2,1H3. The van der Waals surface area contributed by atoms with Crippen LogP contribution in [0.3, 0.4) is 0 Å². The molecule has 0 aliphatic carbocycles. The van der Waals surface area contributed by atoms with E-state index in [0.29, 0.717) is 0 Å². The minimum absolute atomic E-state index is 0.259. The van der Waals surface area contributed by atoms with Crippen molar-refractivity contribution in [3.05, 3.63) is 78.6 Å². The molecule has 3 nitrogen and oxygen atoms in total. The summed E-state index contributed by atoms with van der Waals surface area (Å²) >= 11 is 0. The highest BCUT2D eigenvalue weighted by atomic mass is 15.3. The largest absolute Gasteiger partial charge is 0.311 e. The molecule has 0 fully saturated rings. The van der Waals surface area contributed by atoms with Crippen molar-refractivity contribution in [3.8, 4) is 11.1 Å². The highest BCUT2D eigenvalue weighted by Crippen LogP contribution is 2.19. The zero-order valence-electron chi connectivity index (χ0n) is 12.1. The van der Waals surface area contributed by atoms with E-state index < -0.39 is 0 Å². The van der Waals surface area contributed by atoms with Crippen molar-refractivity contribution < 1.29 is 0 Å². The maximum atomic E-state index is 4.48. The van der Waals surface area contributed by atoms with Crippen LogP contribution >= 0.6 is 0 Å². The average molecular weight is 277 g/mol. The number of aromatic nitrogens is 2. The van der Waals surface area contributed by atoms with E-state index in [-0.39, 0.29) is 6.04 Å². The van der Waals surface area contributed by atoms with Crippen LogP contribution in [0.15, 0.2) is 73.1 Å². The predicted octanol–water partition coefficient (Wildman–Crippen LogP) is 3.51. The molecule has 1 atom stereocenters. The second kappa shape index (κ2) is 6.37. The zero-order chi connectivity index (χ0) is 14.5. The van der Waals surface area contributed by atoms with Gasteiger partial charge in [0.15, 0.2) is 0 Å². The number of nitrogens with zero attached hydrogens (tertiary/aromatic N) is 2. The lowest BCUT2D eigenvalue weighted by Gasteiger charge is -2.16. The Morgan fingerprint density at radius 3 is 2.29 bits per heavy atom. The molecule has 1 aromatic heterocycles. The van der Waals surface area contributed by atoms with E-state index in [0.717, 1.165) is 12.1 Å². The van der Waals surface area contributed by atoms with Gasteiger partial charge in [0.2, 0.25) is 0 Å². The monoisotopic (exact) mass is 277 g/mol. The molecule has 1 unspecified atom stereocenters. The number of hydrogen-bond acceptors (Lipinski definition) is 2. The average Bonchev–Trinajstić information content (AvgIpc) is 3.03. The van der Waals surface area contributed by atoms with E-state index in [1.54, 1.807) is 0 Å². The normalized spacial score (nSPS) is 12.2. The Kier molecular flexibility index (Phi) is 4.12. The molecule has 1 heterocycles. The molecule has 0 spiro atoms. The molecule has 0 aliphatic rings. The van der Waals surface area contributed by atoms with Crippen molar-refractivity contribution in [2.45, 2.75) is 12.6 Å². The van der Waals surface area contributed by atoms with Gasteiger partial charge in [-0.25, -0.2) is 0 Å². The number of hydrogen-bond donors (Lipinski definition) is 1. The van der Waals surface area contributed by atoms with Crippen LogP contribution in [0.5, 0.6) is 0 Å². The van der Waals surface area contributed by atoms with Gasteiger partial charge in [-0.3, -0.25) is 4.68 Å². The van der Waals surface area contributed by atoms with Gasteiger partial charge < -0.3 is 5.32 Å². The summed E-state index contributed by atoms with van der Waals surface area (Å²) in [6.45, 7) is 0.813. The Morgan fingerprint density at radius 2 is 1.62 bits per heavy atom. The molecule has 3 aromatic rings.